The molecule has 0 aromatic rings. The van der Waals surface area contributed by atoms with Gasteiger partial charge in [-0.25, -0.2) is 0 Å². The standard InChI is InChI=1S/C12H23N3/c1-6-9(3)8-15-11(5)12(13)10(4)14-7-2/h8-9,14H,4,6-7,13H2,1-3,5H3/b12-11+,15-8-. The molecule has 0 bridgehead atoms. The van der Waals surface area contributed by atoms with Crippen molar-refractivity contribution in [1.29, 1.82) is 0 Å². The maximum Gasteiger partial charge on any atom is 0.0759 e. The molecule has 1 unspecified atom stereocenters. The fourth-order valence-electron chi connectivity index (χ4n) is 0.941. The molecule has 0 saturated heterocycles. The van der Waals surface area contributed by atoms with Crippen molar-refractivity contribution in [2.24, 2.45) is 16.6 Å². The Bertz CT molecular complexity index is 264. The van der Waals surface area contributed by atoms with Crippen LogP contribution in [-0.2, 0) is 0 Å². The van der Waals surface area contributed by atoms with Gasteiger partial charge in [-0.1, -0.05) is 20.4 Å². The molecule has 3 nitrogen and oxygen atoms in total. The van der Waals surface area contributed by atoms with Crippen LogP contribution in [0.2, 0.25) is 0 Å². The van der Waals surface area contributed by atoms with Crippen molar-refractivity contribution in [1.82, 2.24) is 5.32 Å². The van der Waals surface area contributed by atoms with Crippen molar-refractivity contribution < 1.29 is 0 Å². The highest BCUT2D eigenvalue weighted by atomic mass is 14.9. The van der Waals surface area contributed by atoms with Crippen LogP contribution in [0.1, 0.15) is 34.1 Å². The molecular formula is C12H23N3. The Morgan fingerprint density at radius 2 is 2.13 bits per heavy atom. The molecule has 0 aromatic carbocycles. The molecule has 0 aliphatic heterocycles. The first-order valence-corrected chi connectivity index (χ1v) is 5.46. The van der Waals surface area contributed by atoms with Crippen LogP contribution in [0.3, 0.4) is 0 Å². The van der Waals surface area contributed by atoms with E-state index in [0.717, 1.165) is 24.4 Å². The summed E-state index contributed by atoms with van der Waals surface area (Å²) in [6, 6.07) is 0. The summed E-state index contributed by atoms with van der Waals surface area (Å²) in [5, 5.41) is 3.08. The topological polar surface area (TPSA) is 50.4 Å². The van der Waals surface area contributed by atoms with Crippen LogP contribution in [0.4, 0.5) is 0 Å². The molecule has 0 aliphatic rings. The predicted molar refractivity (Wildman–Crippen MR) is 67.7 cm³/mol. The number of likely N-dealkylation sites (N-methyl/N-ethyl adjacent to an activating group) is 1. The molecule has 0 rings (SSSR count). The van der Waals surface area contributed by atoms with E-state index in [2.05, 4.69) is 30.7 Å². The average molecular weight is 209 g/mol. The van der Waals surface area contributed by atoms with Crippen molar-refractivity contribution in [3.63, 3.8) is 0 Å². The smallest absolute Gasteiger partial charge is 0.0759 e. The SMILES string of the molecule is C=C(NCC)/C(N)=C(C)\N=C/C(C)CC. The number of nitrogens with one attached hydrogen (secondary N) is 1. The van der Waals surface area contributed by atoms with Crippen LogP contribution in [0, 0.1) is 5.92 Å². The molecule has 0 spiro atoms. The van der Waals surface area contributed by atoms with Crippen LogP contribution in [0.5, 0.6) is 0 Å². The van der Waals surface area contributed by atoms with Crippen LogP contribution < -0.4 is 11.1 Å². The zero-order chi connectivity index (χ0) is 11.8. The molecule has 0 fully saturated rings. The zero-order valence-corrected chi connectivity index (χ0v) is 10.3. The van der Waals surface area contributed by atoms with Gasteiger partial charge in [-0.3, -0.25) is 4.99 Å². The lowest BCUT2D eigenvalue weighted by molar-refractivity contribution is 0.753. The highest BCUT2D eigenvalue weighted by Gasteiger charge is 2.00. The number of hydrogen-bond donors (Lipinski definition) is 2. The Labute approximate surface area is 93.2 Å². The van der Waals surface area contributed by atoms with Gasteiger partial charge in [-0.2, -0.15) is 0 Å². The van der Waals surface area contributed by atoms with Gasteiger partial charge in [-0.15, -0.1) is 0 Å². The van der Waals surface area contributed by atoms with E-state index in [4.69, 9.17) is 5.73 Å². The molecule has 86 valence electrons. The van der Waals surface area contributed by atoms with Gasteiger partial charge in [0.05, 0.1) is 17.1 Å². The second-order valence-electron chi connectivity index (χ2n) is 3.67. The molecular weight excluding hydrogens is 186 g/mol. The lowest BCUT2D eigenvalue weighted by Crippen LogP contribution is -2.18. The summed E-state index contributed by atoms with van der Waals surface area (Å²) in [5.41, 5.74) is 8.08. The van der Waals surface area contributed by atoms with E-state index in [1.54, 1.807) is 0 Å². The molecule has 3 heteroatoms. The van der Waals surface area contributed by atoms with Gasteiger partial charge in [-0.05, 0) is 26.2 Å². The van der Waals surface area contributed by atoms with E-state index >= 15 is 0 Å². The Balaban J connectivity index is 4.50. The molecule has 0 heterocycles. The molecule has 0 radical (unpaired) electrons. The van der Waals surface area contributed by atoms with Crippen molar-refractivity contribution >= 4 is 6.21 Å². The minimum atomic E-state index is 0.486. The van der Waals surface area contributed by atoms with E-state index in [-0.39, 0.29) is 0 Å². The normalized spacial score (nSPS) is 14.9. The van der Waals surface area contributed by atoms with E-state index in [9.17, 15) is 0 Å². The third kappa shape index (κ3) is 5.25. The second-order valence-corrected chi connectivity index (χ2v) is 3.67. The van der Waals surface area contributed by atoms with Crippen molar-refractivity contribution in [2.75, 3.05) is 6.54 Å². The van der Waals surface area contributed by atoms with Gasteiger partial charge in [0.15, 0.2) is 0 Å². The summed E-state index contributed by atoms with van der Waals surface area (Å²) in [6.45, 7) is 12.8. The zero-order valence-electron chi connectivity index (χ0n) is 10.3. The second kappa shape index (κ2) is 7.10. The number of aliphatic imine (C=N–C) groups is 1. The molecule has 15 heavy (non-hydrogen) atoms. The van der Waals surface area contributed by atoms with Gasteiger partial charge in [0.25, 0.3) is 0 Å². The fourth-order valence-corrected chi connectivity index (χ4v) is 0.941. The van der Waals surface area contributed by atoms with Crippen LogP contribution in [-0.4, -0.2) is 12.8 Å². The summed E-state index contributed by atoms with van der Waals surface area (Å²) in [5.74, 6) is 0.486. The Morgan fingerprint density at radius 3 is 2.60 bits per heavy atom. The minimum Gasteiger partial charge on any atom is -0.396 e. The third-order valence-electron chi connectivity index (χ3n) is 2.27. The Kier molecular flexibility index (Phi) is 6.50. The van der Waals surface area contributed by atoms with E-state index in [1.807, 2.05) is 20.1 Å². The molecule has 0 saturated carbocycles. The van der Waals surface area contributed by atoms with Gasteiger partial charge >= 0.3 is 0 Å². The number of allylic oxidation sites excluding steroid dienone is 1. The van der Waals surface area contributed by atoms with E-state index in [0.29, 0.717) is 11.6 Å². The predicted octanol–water partition coefficient (Wildman–Crippen LogP) is 2.42. The maximum absolute atomic E-state index is 5.88. The molecule has 0 aliphatic carbocycles. The van der Waals surface area contributed by atoms with Gasteiger partial charge in [0, 0.05) is 12.8 Å². The highest BCUT2D eigenvalue weighted by molar-refractivity contribution is 5.61. The number of hydrogen-bond acceptors (Lipinski definition) is 3. The van der Waals surface area contributed by atoms with Crippen molar-refractivity contribution in [3.8, 4) is 0 Å². The first kappa shape index (κ1) is 13.8. The summed E-state index contributed by atoms with van der Waals surface area (Å²) in [7, 11) is 0. The first-order chi connectivity index (χ1) is 7.02. The number of nitrogens with zero attached hydrogens (tertiary/aromatic N) is 1. The van der Waals surface area contributed by atoms with Gasteiger partial charge < -0.3 is 11.1 Å². The van der Waals surface area contributed by atoms with E-state index < -0.39 is 0 Å². The third-order valence-corrected chi connectivity index (χ3v) is 2.27. The monoisotopic (exact) mass is 209 g/mol. The summed E-state index contributed by atoms with van der Waals surface area (Å²) >= 11 is 0. The Hall–Kier alpha value is -1.25. The molecule has 1 atom stereocenters. The lowest BCUT2D eigenvalue weighted by atomic mass is 10.1. The summed E-state index contributed by atoms with van der Waals surface area (Å²) in [4.78, 5) is 4.33. The number of nitrogens with two attached hydrogens (primary N) is 1. The Morgan fingerprint density at radius 1 is 1.53 bits per heavy atom. The lowest BCUT2D eigenvalue weighted by Gasteiger charge is -2.09. The van der Waals surface area contributed by atoms with Gasteiger partial charge in [0.1, 0.15) is 0 Å². The van der Waals surface area contributed by atoms with Crippen LogP contribution >= 0.6 is 0 Å². The highest BCUT2D eigenvalue weighted by Crippen LogP contribution is 2.07. The van der Waals surface area contributed by atoms with Gasteiger partial charge in [0.2, 0.25) is 0 Å². The molecule has 0 aromatic heterocycles. The van der Waals surface area contributed by atoms with Crippen LogP contribution in [0.25, 0.3) is 0 Å². The summed E-state index contributed by atoms with van der Waals surface area (Å²) < 4.78 is 0. The minimum absolute atomic E-state index is 0.486. The van der Waals surface area contributed by atoms with E-state index in [1.165, 1.54) is 0 Å². The summed E-state index contributed by atoms with van der Waals surface area (Å²) in [6.07, 6.45) is 3.02. The van der Waals surface area contributed by atoms with Crippen LogP contribution in [0.15, 0.2) is 28.7 Å². The number of rotatable bonds is 6. The first-order valence-electron chi connectivity index (χ1n) is 5.46. The van der Waals surface area contributed by atoms with Crippen molar-refractivity contribution in [3.05, 3.63) is 23.7 Å². The molecule has 3 N–H and O–H groups in total. The largest absolute Gasteiger partial charge is 0.396 e. The average Bonchev–Trinajstić information content (AvgIpc) is 2.24. The maximum atomic E-state index is 5.88. The fraction of sp³-hybridized carbons (Fsp3) is 0.583. The van der Waals surface area contributed by atoms with Crippen molar-refractivity contribution in [2.45, 2.75) is 34.1 Å². The molecule has 0 amide bonds. The quantitative estimate of drug-likeness (QED) is 0.521.